The van der Waals surface area contributed by atoms with E-state index in [9.17, 15) is 9.90 Å². The van der Waals surface area contributed by atoms with E-state index in [-0.39, 0.29) is 11.4 Å². The van der Waals surface area contributed by atoms with E-state index in [1.54, 1.807) is 13.2 Å². The molecule has 2 aromatic rings. The Labute approximate surface area is 229 Å². The molecule has 2 saturated heterocycles. The Bertz CT molecular complexity index is 1270. The Hall–Kier alpha value is -2.89. The lowest BCUT2D eigenvalue weighted by molar-refractivity contribution is 0.0748. The zero-order chi connectivity index (χ0) is 27.3. The van der Waals surface area contributed by atoms with Crippen LogP contribution in [0, 0.1) is 5.82 Å². The topological polar surface area (TPSA) is 91.4 Å². The molecule has 4 aliphatic rings. The van der Waals surface area contributed by atoms with Crippen molar-refractivity contribution in [2.24, 2.45) is 0 Å². The number of H-pyrrole nitrogens is 1. The molecule has 10 nitrogen and oxygen atoms in total. The van der Waals surface area contributed by atoms with Crippen LogP contribution in [0.4, 0.5) is 27.5 Å². The summed E-state index contributed by atoms with van der Waals surface area (Å²) in [5, 5.41) is 11.5. The number of halogens is 1. The molecule has 1 atom stereocenters. The molecular weight excluding hydrogens is 501 g/mol. The molecule has 212 valence electrons. The maximum Gasteiger partial charge on any atom is 0.257 e. The van der Waals surface area contributed by atoms with Crippen molar-refractivity contribution in [2.75, 3.05) is 99.8 Å². The summed E-state index contributed by atoms with van der Waals surface area (Å²) in [6.07, 6.45) is 2.01. The van der Waals surface area contributed by atoms with Gasteiger partial charge < -0.3 is 29.4 Å². The largest absolute Gasteiger partial charge is 0.383 e. The molecule has 1 unspecified atom stereocenters. The first kappa shape index (κ1) is 26.3. The van der Waals surface area contributed by atoms with Crippen LogP contribution in [0.25, 0.3) is 0 Å². The number of benzene rings is 1. The number of likely N-dealkylation sites (N-methyl/N-ethyl adjacent to an activating group) is 1. The molecule has 39 heavy (non-hydrogen) atoms. The standard InChI is InChI=1S/C28H40FN7O3/c1-32-8-4-5-20-24(32)30-27(31-25(20)37)36-9-6-28(7-10-36)23-21(29)17-19(18-22(23)33(2)26(28)38)35-13-11-34(12-14-35)15-16-39-3/h17-18,26,38H,4-16H2,1-3H3,(H,30,31,37). The number of piperidine rings is 1. The number of hydrogen-bond acceptors (Lipinski definition) is 9. The first-order chi connectivity index (χ1) is 18.8. The molecule has 0 amide bonds. The van der Waals surface area contributed by atoms with E-state index >= 15 is 4.39 Å². The summed E-state index contributed by atoms with van der Waals surface area (Å²) in [6, 6.07) is 3.70. The van der Waals surface area contributed by atoms with Gasteiger partial charge in [0.1, 0.15) is 17.9 Å². The van der Waals surface area contributed by atoms with Crippen molar-refractivity contribution in [3.63, 3.8) is 0 Å². The number of aromatic nitrogens is 2. The van der Waals surface area contributed by atoms with Crippen molar-refractivity contribution in [2.45, 2.75) is 37.3 Å². The Balaban J connectivity index is 1.22. The summed E-state index contributed by atoms with van der Waals surface area (Å²) in [6.45, 7) is 7.12. The summed E-state index contributed by atoms with van der Waals surface area (Å²) < 4.78 is 21.2. The second-order valence-corrected chi connectivity index (χ2v) is 11.5. The minimum Gasteiger partial charge on any atom is -0.383 e. The maximum absolute atomic E-state index is 16.0. The van der Waals surface area contributed by atoms with E-state index in [4.69, 9.17) is 9.72 Å². The molecule has 1 aromatic carbocycles. The molecular formula is C28H40FN7O3. The van der Waals surface area contributed by atoms with Crippen LogP contribution in [-0.4, -0.2) is 106 Å². The van der Waals surface area contributed by atoms with Crippen molar-refractivity contribution >= 4 is 23.1 Å². The number of hydrogen-bond donors (Lipinski definition) is 2. The van der Waals surface area contributed by atoms with Crippen LogP contribution in [0.15, 0.2) is 16.9 Å². The summed E-state index contributed by atoms with van der Waals surface area (Å²) in [5.74, 6) is 1.07. The van der Waals surface area contributed by atoms with Gasteiger partial charge in [-0.2, -0.15) is 4.98 Å². The molecule has 1 spiro atoms. The SMILES string of the molecule is COCCN1CCN(c2cc(F)c3c(c2)N(C)C(O)C32CCN(c3nc4c(c(=O)[nH]3)CCCN4C)CC2)CC1. The highest BCUT2D eigenvalue weighted by Crippen LogP contribution is 2.52. The lowest BCUT2D eigenvalue weighted by atomic mass is 9.72. The normalized spacial score (nSPS) is 22.9. The van der Waals surface area contributed by atoms with Gasteiger partial charge in [-0.15, -0.1) is 0 Å². The van der Waals surface area contributed by atoms with Gasteiger partial charge in [0.25, 0.3) is 5.56 Å². The number of nitrogens with one attached hydrogen (secondary N) is 1. The van der Waals surface area contributed by atoms with Crippen LogP contribution >= 0.6 is 0 Å². The first-order valence-electron chi connectivity index (χ1n) is 14.1. The van der Waals surface area contributed by atoms with Crippen molar-refractivity contribution in [1.29, 1.82) is 0 Å². The third kappa shape index (κ3) is 4.44. The predicted octanol–water partition coefficient (Wildman–Crippen LogP) is 1.37. The number of aliphatic hydroxyl groups excluding tert-OH is 1. The number of piperazine rings is 1. The van der Waals surface area contributed by atoms with Gasteiger partial charge in [0.15, 0.2) is 0 Å². The van der Waals surface area contributed by atoms with E-state index < -0.39 is 11.6 Å². The molecule has 2 N–H and O–H groups in total. The summed E-state index contributed by atoms with van der Waals surface area (Å²) in [4.78, 5) is 31.1. The Morgan fingerprint density at radius 1 is 1.10 bits per heavy atom. The summed E-state index contributed by atoms with van der Waals surface area (Å²) >= 11 is 0. The lowest BCUT2D eigenvalue weighted by Crippen LogP contribution is -2.51. The van der Waals surface area contributed by atoms with Crippen LogP contribution < -0.4 is 25.2 Å². The minimum atomic E-state index is -0.813. The van der Waals surface area contributed by atoms with Crippen molar-refractivity contribution in [3.8, 4) is 0 Å². The van der Waals surface area contributed by atoms with Crippen LogP contribution in [-0.2, 0) is 16.6 Å². The molecule has 0 saturated carbocycles. The van der Waals surface area contributed by atoms with Gasteiger partial charge in [0, 0.05) is 95.9 Å². The van der Waals surface area contributed by atoms with Gasteiger partial charge in [0.2, 0.25) is 5.95 Å². The van der Waals surface area contributed by atoms with Gasteiger partial charge in [-0.25, -0.2) is 4.39 Å². The molecule has 6 rings (SSSR count). The molecule has 5 heterocycles. The van der Waals surface area contributed by atoms with E-state index in [2.05, 4.69) is 19.7 Å². The van der Waals surface area contributed by atoms with Gasteiger partial charge >= 0.3 is 0 Å². The monoisotopic (exact) mass is 541 g/mol. The number of anilines is 4. The second-order valence-electron chi connectivity index (χ2n) is 11.5. The highest BCUT2D eigenvalue weighted by atomic mass is 19.1. The average Bonchev–Trinajstić information content (AvgIpc) is 3.15. The van der Waals surface area contributed by atoms with Crippen LogP contribution in [0.5, 0.6) is 0 Å². The number of rotatable bonds is 5. The molecule has 4 aliphatic heterocycles. The Morgan fingerprint density at radius 2 is 1.85 bits per heavy atom. The highest BCUT2D eigenvalue weighted by Gasteiger charge is 2.53. The fourth-order valence-electron chi connectivity index (χ4n) is 7.00. The average molecular weight is 542 g/mol. The first-order valence-corrected chi connectivity index (χ1v) is 14.1. The number of aliphatic hydroxyl groups is 1. The molecule has 11 heteroatoms. The van der Waals surface area contributed by atoms with Crippen molar-refractivity contribution < 1.29 is 14.2 Å². The van der Waals surface area contributed by atoms with E-state index in [1.165, 1.54) is 0 Å². The van der Waals surface area contributed by atoms with E-state index in [1.807, 2.05) is 30.0 Å². The number of ether oxygens (including phenoxy) is 1. The second kappa shape index (κ2) is 10.3. The van der Waals surface area contributed by atoms with Gasteiger partial charge in [0.05, 0.1) is 12.2 Å². The molecule has 0 aliphatic carbocycles. The van der Waals surface area contributed by atoms with Gasteiger partial charge in [-0.1, -0.05) is 0 Å². The summed E-state index contributed by atoms with van der Waals surface area (Å²) in [7, 11) is 5.55. The number of aromatic amines is 1. The smallest absolute Gasteiger partial charge is 0.257 e. The molecule has 0 bridgehead atoms. The van der Waals surface area contributed by atoms with Crippen molar-refractivity contribution in [1.82, 2.24) is 14.9 Å². The fraction of sp³-hybridized carbons (Fsp3) is 0.643. The zero-order valence-corrected chi connectivity index (χ0v) is 23.2. The van der Waals surface area contributed by atoms with Crippen LogP contribution in [0.2, 0.25) is 0 Å². The van der Waals surface area contributed by atoms with Crippen LogP contribution in [0.1, 0.15) is 30.4 Å². The molecule has 2 fully saturated rings. The van der Waals surface area contributed by atoms with Crippen LogP contribution in [0.3, 0.4) is 0 Å². The van der Waals surface area contributed by atoms with Gasteiger partial charge in [-0.05, 0) is 37.8 Å². The highest BCUT2D eigenvalue weighted by molar-refractivity contribution is 5.71. The molecule has 0 radical (unpaired) electrons. The quantitative estimate of drug-likeness (QED) is 0.582. The van der Waals surface area contributed by atoms with E-state index in [0.29, 0.717) is 44.0 Å². The number of nitrogens with zero attached hydrogens (tertiary/aromatic N) is 6. The lowest BCUT2D eigenvalue weighted by Gasteiger charge is -2.42. The van der Waals surface area contributed by atoms with E-state index in [0.717, 1.165) is 74.9 Å². The third-order valence-corrected chi connectivity index (χ3v) is 9.36. The number of fused-ring (bicyclic) bond motifs is 3. The molecule has 1 aromatic heterocycles. The third-order valence-electron chi connectivity index (χ3n) is 9.36. The van der Waals surface area contributed by atoms with Gasteiger partial charge in [-0.3, -0.25) is 14.7 Å². The fourth-order valence-corrected chi connectivity index (χ4v) is 7.00. The minimum absolute atomic E-state index is 0.0779. The summed E-state index contributed by atoms with van der Waals surface area (Å²) in [5.41, 5.74) is 2.22. The number of methoxy groups -OCH3 is 1. The maximum atomic E-state index is 16.0. The Morgan fingerprint density at radius 3 is 2.56 bits per heavy atom. The van der Waals surface area contributed by atoms with Crippen molar-refractivity contribution in [3.05, 3.63) is 39.4 Å². The zero-order valence-electron chi connectivity index (χ0n) is 23.2. The Kier molecular flexibility index (Phi) is 6.93. The predicted molar refractivity (Wildman–Crippen MR) is 151 cm³/mol.